The lowest BCUT2D eigenvalue weighted by molar-refractivity contribution is -0.132. The number of rotatable bonds is 6. The number of carbonyl (C=O) groups is 2. The van der Waals surface area contributed by atoms with E-state index in [1.807, 2.05) is 0 Å². The molecule has 2 aliphatic rings. The van der Waals surface area contributed by atoms with Crippen LogP contribution in [-0.2, 0) is 42.7 Å². The predicted octanol–water partition coefficient (Wildman–Crippen LogP) is 5.55. The third-order valence-corrected chi connectivity index (χ3v) is 11.6. The second kappa shape index (κ2) is 14.7. The molecule has 0 radical (unpaired) electrons. The summed E-state index contributed by atoms with van der Waals surface area (Å²) in [5.74, 6) is -10.1. The van der Waals surface area contributed by atoms with E-state index in [0.29, 0.717) is 24.3 Å². The van der Waals surface area contributed by atoms with E-state index in [1.165, 1.54) is 36.4 Å². The van der Waals surface area contributed by atoms with Crippen LogP contribution in [0.25, 0.3) is 11.1 Å². The molecule has 0 bridgehead atoms. The quantitative estimate of drug-likeness (QED) is 0.147. The zero-order valence-corrected chi connectivity index (χ0v) is 27.9. The lowest BCUT2D eigenvalue weighted by atomic mass is 10.0. The molecule has 4 aromatic rings. The molecule has 0 saturated heterocycles. The molecule has 0 atom stereocenters. The van der Waals surface area contributed by atoms with Crippen molar-refractivity contribution in [1.29, 1.82) is 0 Å². The molecule has 0 saturated carbocycles. The van der Waals surface area contributed by atoms with Crippen molar-refractivity contribution in [3.63, 3.8) is 0 Å². The first-order valence-electron chi connectivity index (χ1n) is 14.7. The number of carboxylic acids is 2. The molecule has 52 heavy (non-hydrogen) atoms. The van der Waals surface area contributed by atoms with Gasteiger partial charge in [-0.1, -0.05) is 36.4 Å². The van der Waals surface area contributed by atoms with E-state index in [1.54, 1.807) is 12.1 Å². The van der Waals surface area contributed by atoms with Crippen molar-refractivity contribution in [2.45, 2.75) is 22.9 Å². The minimum atomic E-state index is -4.07. The van der Waals surface area contributed by atoms with Gasteiger partial charge in [-0.05, 0) is 46.5 Å². The second-order valence-electron chi connectivity index (χ2n) is 11.3. The van der Waals surface area contributed by atoms with Gasteiger partial charge in [0.2, 0.25) is 20.0 Å². The highest BCUT2D eigenvalue weighted by molar-refractivity contribution is 7.89. The average molecular weight is 767 g/mol. The van der Waals surface area contributed by atoms with Crippen LogP contribution < -0.4 is 0 Å². The van der Waals surface area contributed by atoms with Crippen LogP contribution in [0.15, 0.2) is 94.7 Å². The Labute approximate surface area is 292 Å². The standard InChI is InChI=1S/2C17H12F3NO4S/c2*18-13-7-15(20)14(19)5-11(13)9-21-8-10(6-17(22)23)12-3-1-2-4-16(12)26(21,24)25/h2*1-7H,8-9H2,(H,22,23)/b2*10-6-. The molecule has 0 unspecified atom stereocenters. The fraction of sp³-hybridized carbons (Fsp3) is 0.118. The highest BCUT2D eigenvalue weighted by Crippen LogP contribution is 2.36. The van der Waals surface area contributed by atoms with Gasteiger partial charge in [-0.25, -0.2) is 52.8 Å². The zero-order valence-electron chi connectivity index (χ0n) is 26.2. The smallest absolute Gasteiger partial charge is 0.328 e. The van der Waals surface area contributed by atoms with Crippen LogP contribution in [0, 0.1) is 34.9 Å². The maximum Gasteiger partial charge on any atom is 0.328 e. The number of hydrogen-bond donors (Lipinski definition) is 2. The molecule has 0 spiro atoms. The Morgan fingerprint density at radius 2 is 0.885 bits per heavy atom. The van der Waals surface area contributed by atoms with E-state index in [2.05, 4.69) is 0 Å². The van der Waals surface area contributed by atoms with Gasteiger partial charge in [0.1, 0.15) is 11.6 Å². The Hall–Kier alpha value is -5.30. The average Bonchev–Trinajstić information content (AvgIpc) is 3.07. The molecule has 6 rings (SSSR count). The van der Waals surface area contributed by atoms with Gasteiger partial charge in [0.05, 0.1) is 9.79 Å². The summed E-state index contributed by atoms with van der Waals surface area (Å²) < 4.78 is 133. The first kappa shape index (κ1) is 37.9. The van der Waals surface area contributed by atoms with Crippen LogP contribution in [0.4, 0.5) is 26.3 Å². The van der Waals surface area contributed by atoms with Crippen molar-refractivity contribution >= 4 is 43.1 Å². The van der Waals surface area contributed by atoms with Crippen LogP contribution in [0.1, 0.15) is 22.3 Å². The molecule has 0 aromatic heterocycles. The maximum absolute atomic E-state index is 13.9. The summed E-state index contributed by atoms with van der Waals surface area (Å²) in [5.41, 5.74) is 0.147. The third kappa shape index (κ3) is 7.79. The van der Waals surface area contributed by atoms with E-state index in [4.69, 9.17) is 10.2 Å². The van der Waals surface area contributed by atoms with Crippen molar-refractivity contribution in [3.05, 3.63) is 142 Å². The summed E-state index contributed by atoms with van der Waals surface area (Å²) in [7, 11) is -8.15. The van der Waals surface area contributed by atoms with Crippen molar-refractivity contribution in [2.24, 2.45) is 0 Å². The molecular weight excluding hydrogens is 743 g/mol. The second-order valence-corrected chi connectivity index (χ2v) is 15.1. The van der Waals surface area contributed by atoms with Gasteiger partial charge in [0.15, 0.2) is 23.3 Å². The van der Waals surface area contributed by atoms with Gasteiger partial charge < -0.3 is 10.2 Å². The van der Waals surface area contributed by atoms with Crippen LogP contribution in [0.5, 0.6) is 0 Å². The van der Waals surface area contributed by atoms with Crippen molar-refractivity contribution in [2.75, 3.05) is 13.1 Å². The molecular formula is C34H24F6N2O8S2. The summed E-state index contributed by atoms with van der Waals surface area (Å²) in [6.07, 6.45) is 1.73. The maximum atomic E-state index is 13.9. The highest BCUT2D eigenvalue weighted by atomic mass is 32.2. The van der Waals surface area contributed by atoms with E-state index >= 15 is 0 Å². The topological polar surface area (TPSA) is 149 Å². The SMILES string of the molecule is O=C(O)/C=C1/CN(Cc2cc(F)c(F)cc2F)S(=O)(=O)c2ccccc21.O=C(O)/C=C1/CN(Cc2cc(F)c(F)cc2F)S(=O)(=O)c2ccccc21. The van der Waals surface area contributed by atoms with Gasteiger partial charge in [0, 0.05) is 61.6 Å². The molecule has 2 heterocycles. The normalized spacial score (nSPS) is 17.9. The largest absolute Gasteiger partial charge is 0.478 e. The molecule has 272 valence electrons. The molecule has 10 nitrogen and oxygen atoms in total. The number of hydrogen-bond acceptors (Lipinski definition) is 6. The van der Waals surface area contributed by atoms with Crippen LogP contribution in [0.2, 0.25) is 0 Å². The number of fused-ring (bicyclic) bond motifs is 2. The lowest BCUT2D eigenvalue weighted by Crippen LogP contribution is -2.36. The Balaban J connectivity index is 0.000000201. The van der Waals surface area contributed by atoms with Gasteiger partial charge in [-0.3, -0.25) is 0 Å². The lowest BCUT2D eigenvalue weighted by Gasteiger charge is -2.30. The van der Waals surface area contributed by atoms with Crippen LogP contribution in [-0.4, -0.2) is 60.7 Å². The number of benzene rings is 4. The highest BCUT2D eigenvalue weighted by Gasteiger charge is 2.36. The van der Waals surface area contributed by atoms with Crippen LogP contribution >= 0.6 is 0 Å². The Morgan fingerprint density at radius 3 is 1.23 bits per heavy atom. The number of sulfonamides is 2. The van der Waals surface area contributed by atoms with Crippen molar-refractivity contribution in [1.82, 2.24) is 8.61 Å². The van der Waals surface area contributed by atoms with Crippen molar-refractivity contribution < 1.29 is 63.0 Å². The summed E-state index contributed by atoms with van der Waals surface area (Å²) in [4.78, 5) is 21.8. The molecule has 0 amide bonds. The predicted molar refractivity (Wildman–Crippen MR) is 172 cm³/mol. The Kier molecular flexibility index (Phi) is 10.8. The number of carboxylic acid groups (broad SMARTS) is 2. The van der Waals surface area contributed by atoms with E-state index in [0.717, 1.165) is 20.8 Å². The van der Waals surface area contributed by atoms with Gasteiger partial charge in [-0.2, -0.15) is 8.61 Å². The van der Waals surface area contributed by atoms with Gasteiger partial charge in [0.25, 0.3) is 0 Å². The van der Waals surface area contributed by atoms with Gasteiger partial charge in [-0.15, -0.1) is 0 Å². The summed E-state index contributed by atoms with van der Waals surface area (Å²) in [6.45, 7) is -1.83. The monoisotopic (exact) mass is 766 g/mol. The molecule has 4 aromatic carbocycles. The molecule has 2 N–H and O–H groups in total. The number of aliphatic carboxylic acids is 2. The molecule has 0 aliphatic carbocycles. The molecule has 2 aliphatic heterocycles. The Bertz CT molecular complexity index is 2240. The minimum Gasteiger partial charge on any atom is -0.478 e. The number of halogens is 6. The Morgan fingerprint density at radius 1 is 0.558 bits per heavy atom. The minimum absolute atomic E-state index is 0.137. The van der Waals surface area contributed by atoms with Gasteiger partial charge >= 0.3 is 11.9 Å². The summed E-state index contributed by atoms with van der Waals surface area (Å²) in [5, 5.41) is 18.0. The first-order valence-corrected chi connectivity index (χ1v) is 17.6. The van der Waals surface area contributed by atoms with Crippen LogP contribution in [0.3, 0.4) is 0 Å². The van der Waals surface area contributed by atoms with Crippen molar-refractivity contribution in [3.8, 4) is 0 Å². The summed E-state index contributed by atoms with van der Waals surface area (Å²) >= 11 is 0. The zero-order chi connectivity index (χ0) is 38.1. The van der Waals surface area contributed by atoms with E-state index in [9.17, 15) is 52.8 Å². The fourth-order valence-electron chi connectivity index (χ4n) is 5.49. The molecule has 18 heteroatoms. The summed E-state index contributed by atoms with van der Waals surface area (Å²) in [6, 6.07) is 13.4. The third-order valence-electron chi connectivity index (χ3n) is 7.86. The molecule has 0 fully saturated rings. The van der Waals surface area contributed by atoms with E-state index < -0.39 is 80.0 Å². The fourth-order valence-corrected chi connectivity index (χ4v) is 8.74. The van der Waals surface area contributed by atoms with E-state index in [-0.39, 0.29) is 56.3 Å². The number of nitrogens with zero attached hydrogens (tertiary/aromatic N) is 2. The first-order chi connectivity index (χ1) is 24.4.